The Morgan fingerprint density at radius 3 is 0.727 bits per heavy atom. The van der Waals surface area contributed by atoms with Crippen LogP contribution in [-0.2, 0) is 28.6 Å². The Bertz CT molecular complexity index is 1290. The second kappa shape index (κ2) is 66.1. The van der Waals surface area contributed by atoms with E-state index in [0.29, 0.717) is 19.3 Å². The summed E-state index contributed by atoms with van der Waals surface area (Å²) >= 11 is 0. The fraction of sp³-hybridized carbons (Fsp3) is 0.873. The highest BCUT2D eigenvalue weighted by molar-refractivity contribution is 5.71. The van der Waals surface area contributed by atoms with Crippen LogP contribution in [0.5, 0.6) is 0 Å². The summed E-state index contributed by atoms with van der Waals surface area (Å²) in [4.78, 5) is 38.1. The molecule has 0 aliphatic heterocycles. The maximum Gasteiger partial charge on any atom is 0.306 e. The lowest BCUT2D eigenvalue weighted by Crippen LogP contribution is -2.30. The zero-order chi connectivity index (χ0) is 55.7. The lowest BCUT2D eigenvalue weighted by molar-refractivity contribution is -0.167. The summed E-state index contributed by atoms with van der Waals surface area (Å²) in [6.45, 7) is 6.64. The van der Waals surface area contributed by atoms with Crippen molar-refractivity contribution in [1.82, 2.24) is 0 Å². The van der Waals surface area contributed by atoms with Crippen LogP contribution in [0.15, 0.2) is 36.5 Å². The molecule has 0 aliphatic rings. The SMILES string of the molecule is CCCCCCC/C=C\C/C=C\C/C=C\CCCCCCCCCCC(=O)OC(COC(=O)CCCCCCCCC)COC(=O)CCCCCCCCCCCCCCCCCCCCCCCCCCCCCCC. The number of ether oxygens (including phenoxy) is 3. The predicted octanol–water partition coefficient (Wildman–Crippen LogP) is 23.6. The van der Waals surface area contributed by atoms with E-state index in [1.165, 1.54) is 263 Å². The lowest BCUT2D eigenvalue weighted by atomic mass is 10.0. The molecule has 1 unspecified atom stereocenters. The Morgan fingerprint density at radius 2 is 0.468 bits per heavy atom. The Kier molecular flexibility index (Phi) is 64.1. The third kappa shape index (κ3) is 64.3. The molecule has 0 saturated carbocycles. The molecule has 0 fully saturated rings. The van der Waals surface area contributed by atoms with Gasteiger partial charge < -0.3 is 14.2 Å². The summed E-state index contributed by atoms with van der Waals surface area (Å²) in [7, 11) is 0. The second-order valence-corrected chi connectivity index (χ2v) is 23.5. The molecule has 6 nitrogen and oxygen atoms in total. The molecule has 0 amide bonds. The monoisotopic (exact) mass is 1080 g/mol. The van der Waals surface area contributed by atoms with Crippen LogP contribution in [0.1, 0.15) is 380 Å². The molecule has 0 aliphatic carbocycles. The molecule has 0 heterocycles. The maximum atomic E-state index is 12.9. The zero-order valence-corrected chi connectivity index (χ0v) is 52.0. The molecule has 77 heavy (non-hydrogen) atoms. The van der Waals surface area contributed by atoms with Gasteiger partial charge in [0, 0.05) is 19.3 Å². The van der Waals surface area contributed by atoms with Crippen LogP contribution in [0.2, 0.25) is 0 Å². The molecular formula is C71H132O6. The van der Waals surface area contributed by atoms with E-state index >= 15 is 0 Å². The van der Waals surface area contributed by atoms with E-state index in [4.69, 9.17) is 14.2 Å². The summed E-state index contributed by atoms with van der Waals surface area (Å²) in [5.41, 5.74) is 0. The number of rotatable bonds is 64. The molecule has 452 valence electrons. The lowest BCUT2D eigenvalue weighted by Gasteiger charge is -2.18. The van der Waals surface area contributed by atoms with E-state index in [0.717, 1.165) is 77.0 Å². The number of carbonyl (C=O) groups is 3. The van der Waals surface area contributed by atoms with E-state index in [2.05, 4.69) is 57.2 Å². The fourth-order valence-electron chi connectivity index (χ4n) is 10.5. The fourth-order valence-corrected chi connectivity index (χ4v) is 10.5. The Balaban J connectivity index is 4.04. The molecule has 0 N–H and O–H groups in total. The minimum atomic E-state index is -0.772. The summed E-state index contributed by atoms with van der Waals surface area (Å²) in [6.07, 6.45) is 82.0. The Labute approximate surface area is 480 Å². The summed E-state index contributed by atoms with van der Waals surface area (Å²) in [5.74, 6) is -0.861. The molecule has 6 heteroatoms. The molecule has 0 saturated heterocycles. The number of hydrogen-bond donors (Lipinski definition) is 0. The highest BCUT2D eigenvalue weighted by atomic mass is 16.6. The van der Waals surface area contributed by atoms with Gasteiger partial charge >= 0.3 is 17.9 Å². The van der Waals surface area contributed by atoms with Crippen molar-refractivity contribution in [2.75, 3.05) is 13.2 Å². The van der Waals surface area contributed by atoms with Gasteiger partial charge in [-0.15, -0.1) is 0 Å². The van der Waals surface area contributed by atoms with Gasteiger partial charge in [-0.3, -0.25) is 14.4 Å². The van der Waals surface area contributed by atoms with Crippen molar-refractivity contribution >= 4 is 17.9 Å². The first kappa shape index (κ1) is 74.6. The molecule has 0 rings (SSSR count). The molecule has 0 aromatic carbocycles. The molecule has 0 aromatic heterocycles. The smallest absolute Gasteiger partial charge is 0.306 e. The first-order valence-corrected chi connectivity index (χ1v) is 34.5. The standard InChI is InChI=1S/C71H132O6/c1-4-7-10-13-16-18-20-22-24-26-28-30-32-33-34-35-36-37-39-40-42-44-46-48-50-52-55-58-61-64-70(73)76-67-68(66-75-69(72)63-60-57-54-15-12-9-6-3)77-71(74)65-62-59-56-53-51-49-47-45-43-41-38-31-29-27-25-23-21-19-17-14-11-8-5-2/h21,23,27,29,38,41,68H,4-20,22,24-26,28,30-37,39-40,42-67H2,1-3H3/b23-21-,29-27-,41-38-. The van der Waals surface area contributed by atoms with Gasteiger partial charge in [0.25, 0.3) is 0 Å². The highest BCUT2D eigenvalue weighted by Crippen LogP contribution is 2.18. The van der Waals surface area contributed by atoms with Gasteiger partial charge in [-0.25, -0.2) is 0 Å². The van der Waals surface area contributed by atoms with Crippen LogP contribution < -0.4 is 0 Å². The van der Waals surface area contributed by atoms with E-state index in [1.54, 1.807) is 0 Å². The van der Waals surface area contributed by atoms with Crippen molar-refractivity contribution in [2.24, 2.45) is 0 Å². The van der Waals surface area contributed by atoms with Gasteiger partial charge in [0.15, 0.2) is 6.10 Å². The summed E-state index contributed by atoms with van der Waals surface area (Å²) in [5, 5.41) is 0. The largest absolute Gasteiger partial charge is 0.462 e. The van der Waals surface area contributed by atoms with Crippen molar-refractivity contribution in [3.63, 3.8) is 0 Å². The average molecular weight is 1080 g/mol. The topological polar surface area (TPSA) is 78.9 Å². The normalized spacial score (nSPS) is 12.2. The number of carbonyl (C=O) groups excluding carboxylic acids is 3. The van der Waals surface area contributed by atoms with Crippen LogP contribution >= 0.6 is 0 Å². The number of unbranched alkanes of at least 4 members (excludes halogenated alkanes) is 47. The van der Waals surface area contributed by atoms with Crippen LogP contribution in [0.4, 0.5) is 0 Å². The van der Waals surface area contributed by atoms with E-state index in [1.807, 2.05) is 0 Å². The molecule has 0 spiro atoms. The van der Waals surface area contributed by atoms with Crippen molar-refractivity contribution in [3.8, 4) is 0 Å². The van der Waals surface area contributed by atoms with E-state index in [-0.39, 0.29) is 31.1 Å². The molecule has 0 aromatic rings. The van der Waals surface area contributed by atoms with Crippen molar-refractivity contribution in [1.29, 1.82) is 0 Å². The predicted molar refractivity (Wildman–Crippen MR) is 335 cm³/mol. The first-order chi connectivity index (χ1) is 38.0. The quantitative estimate of drug-likeness (QED) is 0.0261. The Hall–Kier alpha value is -2.37. The minimum Gasteiger partial charge on any atom is -0.462 e. The van der Waals surface area contributed by atoms with Crippen LogP contribution in [0.3, 0.4) is 0 Å². The van der Waals surface area contributed by atoms with Gasteiger partial charge in [-0.05, 0) is 57.8 Å². The Morgan fingerprint density at radius 1 is 0.260 bits per heavy atom. The maximum absolute atomic E-state index is 12.9. The molecule has 0 radical (unpaired) electrons. The van der Waals surface area contributed by atoms with Gasteiger partial charge in [0.1, 0.15) is 13.2 Å². The van der Waals surface area contributed by atoms with Gasteiger partial charge in [0.05, 0.1) is 0 Å². The summed E-state index contributed by atoms with van der Waals surface area (Å²) in [6, 6.07) is 0. The average Bonchev–Trinajstić information content (AvgIpc) is 3.43. The number of esters is 3. The van der Waals surface area contributed by atoms with Crippen LogP contribution in [-0.4, -0.2) is 37.2 Å². The summed E-state index contributed by atoms with van der Waals surface area (Å²) < 4.78 is 16.9. The zero-order valence-electron chi connectivity index (χ0n) is 52.0. The van der Waals surface area contributed by atoms with Gasteiger partial charge in [-0.1, -0.05) is 340 Å². The van der Waals surface area contributed by atoms with Crippen molar-refractivity contribution in [3.05, 3.63) is 36.5 Å². The minimum absolute atomic E-state index is 0.0705. The van der Waals surface area contributed by atoms with Crippen LogP contribution in [0.25, 0.3) is 0 Å². The second-order valence-electron chi connectivity index (χ2n) is 23.5. The number of hydrogen-bond acceptors (Lipinski definition) is 6. The van der Waals surface area contributed by atoms with E-state index in [9.17, 15) is 14.4 Å². The molecule has 0 bridgehead atoms. The van der Waals surface area contributed by atoms with Crippen LogP contribution in [0, 0.1) is 0 Å². The van der Waals surface area contributed by atoms with Crippen molar-refractivity contribution < 1.29 is 28.6 Å². The molecular weight excluding hydrogens is 949 g/mol. The number of allylic oxidation sites excluding steroid dienone is 6. The third-order valence-corrected chi connectivity index (χ3v) is 15.6. The van der Waals surface area contributed by atoms with Gasteiger partial charge in [0.2, 0.25) is 0 Å². The van der Waals surface area contributed by atoms with Gasteiger partial charge in [-0.2, -0.15) is 0 Å². The van der Waals surface area contributed by atoms with Crippen molar-refractivity contribution in [2.45, 2.75) is 386 Å². The van der Waals surface area contributed by atoms with E-state index < -0.39 is 6.10 Å². The highest BCUT2D eigenvalue weighted by Gasteiger charge is 2.19. The molecule has 1 atom stereocenters. The third-order valence-electron chi connectivity index (χ3n) is 15.6. The first-order valence-electron chi connectivity index (χ1n) is 34.5.